The van der Waals surface area contributed by atoms with E-state index in [1.54, 1.807) is 0 Å². The van der Waals surface area contributed by atoms with Gasteiger partial charge in [0.25, 0.3) is 5.89 Å². The lowest BCUT2D eigenvalue weighted by Gasteiger charge is -2.20. The van der Waals surface area contributed by atoms with Gasteiger partial charge >= 0.3 is 0 Å². The van der Waals surface area contributed by atoms with E-state index in [0.29, 0.717) is 18.3 Å². The van der Waals surface area contributed by atoms with Crippen LogP contribution in [0.15, 0.2) is 34.9 Å². The smallest absolute Gasteiger partial charge is 0.251 e. The first kappa shape index (κ1) is 15.7. The van der Waals surface area contributed by atoms with Crippen LogP contribution in [0.4, 0.5) is 0 Å². The molecule has 0 saturated heterocycles. The SMILES string of the molecule is CCOC(c1noc(C(C)(N)c2ccccc2)n1)C(C)C. The van der Waals surface area contributed by atoms with E-state index in [2.05, 4.69) is 24.0 Å². The van der Waals surface area contributed by atoms with Gasteiger partial charge < -0.3 is 15.0 Å². The van der Waals surface area contributed by atoms with Crippen molar-refractivity contribution in [1.29, 1.82) is 0 Å². The Labute approximate surface area is 125 Å². The molecule has 2 atom stereocenters. The summed E-state index contributed by atoms with van der Waals surface area (Å²) in [6, 6.07) is 9.73. The third-order valence-corrected chi connectivity index (χ3v) is 3.47. The summed E-state index contributed by atoms with van der Waals surface area (Å²) in [4.78, 5) is 4.47. The number of ether oxygens (including phenoxy) is 1. The second-order valence-corrected chi connectivity index (χ2v) is 5.65. The Balaban J connectivity index is 2.30. The van der Waals surface area contributed by atoms with Gasteiger partial charge in [0.15, 0.2) is 0 Å². The number of rotatable bonds is 6. The van der Waals surface area contributed by atoms with Crippen LogP contribution in [0, 0.1) is 5.92 Å². The van der Waals surface area contributed by atoms with E-state index < -0.39 is 5.54 Å². The minimum atomic E-state index is -0.819. The van der Waals surface area contributed by atoms with Crippen molar-refractivity contribution in [2.45, 2.75) is 39.3 Å². The molecule has 1 aromatic carbocycles. The summed E-state index contributed by atoms with van der Waals surface area (Å²) >= 11 is 0. The van der Waals surface area contributed by atoms with Gasteiger partial charge in [0, 0.05) is 6.61 Å². The average molecular weight is 289 g/mol. The van der Waals surface area contributed by atoms with E-state index in [1.165, 1.54) is 0 Å². The maximum absolute atomic E-state index is 6.39. The number of aromatic nitrogens is 2. The third-order valence-electron chi connectivity index (χ3n) is 3.47. The Morgan fingerprint density at radius 2 is 1.95 bits per heavy atom. The molecule has 2 N–H and O–H groups in total. The van der Waals surface area contributed by atoms with E-state index in [9.17, 15) is 0 Å². The molecule has 0 aliphatic heterocycles. The van der Waals surface area contributed by atoms with Gasteiger partial charge in [-0.2, -0.15) is 4.98 Å². The fourth-order valence-corrected chi connectivity index (χ4v) is 2.21. The highest BCUT2D eigenvalue weighted by molar-refractivity contribution is 5.28. The van der Waals surface area contributed by atoms with Gasteiger partial charge in [-0.25, -0.2) is 0 Å². The first-order valence-corrected chi connectivity index (χ1v) is 7.27. The Morgan fingerprint density at radius 3 is 2.52 bits per heavy atom. The molecule has 1 heterocycles. The molecule has 0 radical (unpaired) electrons. The Kier molecular flexibility index (Phi) is 4.75. The van der Waals surface area contributed by atoms with Gasteiger partial charge in [0.2, 0.25) is 5.82 Å². The predicted octanol–water partition coefficient (Wildman–Crippen LogP) is 3.03. The van der Waals surface area contributed by atoms with Crippen LogP contribution in [0.25, 0.3) is 0 Å². The molecule has 0 fully saturated rings. The van der Waals surface area contributed by atoms with Gasteiger partial charge in [-0.15, -0.1) is 0 Å². The van der Waals surface area contributed by atoms with Crippen LogP contribution in [0.2, 0.25) is 0 Å². The minimum Gasteiger partial charge on any atom is -0.370 e. The van der Waals surface area contributed by atoms with Crippen LogP contribution in [0.1, 0.15) is 51.1 Å². The third kappa shape index (κ3) is 3.31. The molecule has 0 amide bonds. The van der Waals surface area contributed by atoms with Crippen LogP contribution in [-0.2, 0) is 10.3 Å². The molecule has 1 aromatic heterocycles. The van der Waals surface area contributed by atoms with Crippen molar-refractivity contribution in [2.75, 3.05) is 6.61 Å². The molecular weight excluding hydrogens is 266 g/mol. The molecule has 0 aliphatic carbocycles. The lowest BCUT2D eigenvalue weighted by molar-refractivity contribution is 0.0217. The molecule has 21 heavy (non-hydrogen) atoms. The zero-order chi connectivity index (χ0) is 15.5. The normalized spacial score (nSPS) is 15.9. The Bertz CT molecular complexity index is 564. The van der Waals surface area contributed by atoms with Crippen LogP contribution in [-0.4, -0.2) is 16.7 Å². The molecule has 5 heteroatoms. The molecule has 2 aromatic rings. The van der Waals surface area contributed by atoms with Crippen molar-refractivity contribution >= 4 is 0 Å². The summed E-state index contributed by atoms with van der Waals surface area (Å²) in [6.45, 7) is 8.55. The number of benzene rings is 1. The highest BCUT2D eigenvalue weighted by Crippen LogP contribution is 2.28. The van der Waals surface area contributed by atoms with Gasteiger partial charge in [0.05, 0.1) is 0 Å². The molecule has 5 nitrogen and oxygen atoms in total. The Hall–Kier alpha value is -1.72. The highest BCUT2D eigenvalue weighted by Gasteiger charge is 2.32. The fraction of sp³-hybridized carbons (Fsp3) is 0.500. The molecule has 0 saturated carbocycles. The minimum absolute atomic E-state index is 0.181. The van der Waals surface area contributed by atoms with E-state index in [4.69, 9.17) is 15.0 Å². The number of hydrogen-bond acceptors (Lipinski definition) is 5. The van der Waals surface area contributed by atoms with E-state index in [1.807, 2.05) is 44.2 Å². The maximum atomic E-state index is 6.39. The van der Waals surface area contributed by atoms with Gasteiger partial charge in [0.1, 0.15) is 11.6 Å². The summed E-state index contributed by atoms with van der Waals surface area (Å²) in [5, 5.41) is 4.06. The topological polar surface area (TPSA) is 74.2 Å². The predicted molar refractivity (Wildman–Crippen MR) is 80.6 cm³/mol. The summed E-state index contributed by atoms with van der Waals surface area (Å²) < 4.78 is 11.1. The second kappa shape index (κ2) is 6.37. The number of hydrogen-bond donors (Lipinski definition) is 1. The van der Waals surface area contributed by atoms with Crippen molar-refractivity contribution < 1.29 is 9.26 Å². The van der Waals surface area contributed by atoms with E-state index in [-0.39, 0.29) is 12.0 Å². The average Bonchev–Trinajstić information content (AvgIpc) is 2.95. The quantitative estimate of drug-likeness (QED) is 0.884. The molecule has 0 spiro atoms. The lowest BCUT2D eigenvalue weighted by atomic mass is 9.93. The molecule has 2 rings (SSSR count). The van der Waals surface area contributed by atoms with Crippen molar-refractivity contribution in [3.8, 4) is 0 Å². The summed E-state index contributed by atoms with van der Waals surface area (Å²) in [6.07, 6.45) is -0.181. The molecular formula is C16H23N3O2. The van der Waals surface area contributed by atoms with Crippen LogP contribution < -0.4 is 5.73 Å². The first-order valence-electron chi connectivity index (χ1n) is 7.27. The van der Waals surface area contributed by atoms with Crippen LogP contribution >= 0.6 is 0 Å². The molecule has 2 unspecified atom stereocenters. The van der Waals surface area contributed by atoms with Crippen molar-refractivity contribution in [3.05, 3.63) is 47.6 Å². The summed E-state index contributed by atoms with van der Waals surface area (Å²) in [5.41, 5.74) is 6.50. The summed E-state index contributed by atoms with van der Waals surface area (Å²) in [7, 11) is 0. The lowest BCUT2D eigenvalue weighted by Crippen LogP contribution is -2.34. The first-order chi connectivity index (χ1) is 9.96. The maximum Gasteiger partial charge on any atom is 0.251 e. The van der Waals surface area contributed by atoms with Crippen molar-refractivity contribution in [1.82, 2.24) is 10.1 Å². The van der Waals surface area contributed by atoms with E-state index in [0.717, 1.165) is 5.56 Å². The zero-order valence-electron chi connectivity index (χ0n) is 13.0. The van der Waals surface area contributed by atoms with Gasteiger partial charge in [-0.05, 0) is 25.3 Å². The van der Waals surface area contributed by atoms with Crippen LogP contribution in [0.5, 0.6) is 0 Å². The largest absolute Gasteiger partial charge is 0.370 e. The van der Waals surface area contributed by atoms with E-state index >= 15 is 0 Å². The molecule has 0 aliphatic rings. The Morgan fingerprint density at radius 1 is 1.29 bits per heavy atom. The molecule has 114 valence electrons. The van der Waals surface area contributed by atoms with Gasteiger partial charge in [-0.1, -0.05) is 49.3 Å². The zero-order valence-corrected chi connectivity index (χ0v) is 13.0. The monoisotopic (exact) mass is 289 g/mol. The standard InChI is InChI=1S/C16H23N3O2/c1-5-20-13(11(2)3)14-18-15(21-19-14)16(4,17)12-9-7-6-8-10-12/h6-11,13H,5,17H2,1-4H3. The summed E-state index contributed by atoms with van der Waals surface area (Å²) in [5.74, 6) is 1.21. The fourth-order valence-electron chi connectivity index (χ4n) is 2.21. The molecule has 0 bridgehead atoms. The van der Waals surface area contributed by atoms with Crippen molar-refractivity contribution in [3.63, 3.8) is 0 Å². The number of nitrogens with two attached hydrogens (primary N) is 1. The van der Waals surface area contributed by atoms with Crippen LogP contribution in [0.3, 0.4) is 0 Å². The highest BCUT2D eigenvalue weighted by atomic mass is 16.5. The van der Waals surface area contributed by atoms with Gasteiger partial charge in [-0.3, -0.25) is 0 Å². The number of nitrogens with zero attached hydrogens (tertiary/aromatic N) is 2. The second-order valence-electron chi connectivity index (χ2n) is 5.65. The van der Waals surface area contributed by atoms with Crippen molar-refractivity contribution in [2.24, 2.45) is 11.7 Å².